The van der Waals surface area contributed by atoms with Crippen LogP contribution in [0.2, 0.25) is 0 Å². The van der Waals surface area contributed by atoms with Gasteiger partial charge in [0.2, 0.25) is 0 Å². The summed E-state index contributed by atoms with van der Waals surface area (Å²) in [5.74, 6) is -3.29. The number of hydrogen-bond acceptors (Lipinski definition) is 18. The lowest BCUT2D eigenvalue weighted by Crippen LogP contribution is -2.61. The molecule has 1 fully saturated rings. The first kappa shape index (κ1) is 29.0. The summed E-state index contributed by atoms with van der Waals surface area (Å²) in [5.41, 5.74) is 0. The van der Waals surface area contributed by atoms with Gasteiger partial charge in [0.15, 0.2) is 18.5 Å². The highest BCUT2D eigenvalue weighted by molar-refractivity contribution is 5.71. The molecule has 1 aliphatic heterocycles. The van der Waals surface area contributed by atoms with Crippen molar-refractivity contribution in [3.8, 4) is 0 Å². The molecule has 192 valence electrons. The van der Waals surface area contributed by atoms with Crippen LogP contribution >= 0.6 is 0 Å². The Kier molecular flexibility index (Phi) is 12.5. The zero-order valence-electron chi connectivity index (χ0n) is 17.0. The van der Waals surface area contributed by atoms with Gasteiger partial charge < -0.3 is 60.4 Å². The number of nitrogens with zero attached hydrogens (tertiary/aromatic N) is 3. The van der Waals surface area contributed by atoms with E-state index < -0.39 is 110 Å². The highest BCUT2D eigenvalue weighted by Gasteiger charge is 2.49. The molecule has 0 saturated carbocycles. The van der Waals surface area contributed by atoms with E-state index in [2.05, 4.69) is 0 Å². The highest BCUT2D eigenvalue weighted by atomic mass is 16.8. The second-order valence-corrected chi connectivity index (χ2v) is 6.62. The summed E-state index contributed by atoms with van der Waals surface area (Å²) >= 11 is 0. The van der Waals surface area contributed by atoms with Gasteiger partial charge >= 0.3 is 17.9 Å². The minimum atomic E-state index is -2.03. The summed E-state index contributed by atoms with van der Waals surface area (Å²) in [6.45, 7) is -2.72. The predicted molar refractivity (Wildman–Crippen MR) is 97.0 cm³/mol. The Bertz CT molecular complexity index is 634. The number of rotatable bonds is 13. The van der Waals surface area contributed by atoms with Crippen LogP contribution in [-0.2, 0) is 33.3 Å². The number of aliphatic hydroxyl groups excluding tert-OH is 2. The van der Waals surface area contributed by atoms with E-state index in [1.807, 2.05) is 0 Å². The van der Waals surface area contributed by atoms with Crippen molar-refractivity contribution in [2.24, 2.45) is 0 Å². The molecule has 0 bridgehead atoms. The summed E-state index contributed by atoms with van der Waals surface area (Å²) in [6, 6.07) is 0. The first-order chi connectivity index (χ1) is 15.4. The Balaban J connectivity index is 2.86. The van der Waals surface area contributed by atoms with Crippen LogP contribution in [0, 0.1) is 15.6 Å². The second kappa shape index (κ2) is 14.2. The molecule has 0 spiro atoms. The summed E-state index contributed by atoms with van der Waals surface area (Å²) in [6.07, 6.45) is -10.9. The molecule has 18 heteroatoms. The normalized spacial score (nSPS) is 25.4. The molecule has 18 nitrogen and oxygen atoms in total. The van der Waals surface area contributed by atoms with E-state index in [0.29, 0.717) is 0 Å². The zero-order chi connectivity index (χ0) is 25.1. The Labute approximate surface area is 185 Å². The Hall–Kier alpha value is -2.07. The third-order valence-electron chi connectivity index (χ3n) is 4.10. The second-order valence-electron chi connectivity index (χ2n) is 6.62. The lowest BCUT2D eigenvalue weighted by molar-refractivity contribution is -0.294. The molecule has 5 unspecified atom stereocenters. The summed E-state index contributed by atoms with van der Waals surface area (Å²) in [4.78, 5) is 35.4. The quantitative estimate of drug-likeness (QED) is 0.0996. The maximum Gasteiger partial charge on any atom is 0.307 e. The molecule has 1 heterocycles. The molecule has 0 amide bonds. The minimum absolute atomic E-state index is 0.510. The lowest BCUT2D eigenvalue weighted by atomic mass is 9.98. The SMILES string of the molecule is O=C(CCN([O-])O)OCC1OC(O)C(OC(=O)CCN([O-])O)C(OC(=O)CCN([O-])O)C1O. The first-order valence-corrected chi connectivity index (χ1v) is 9.37. The molecule has 0 aromatic heterocycles. The molecular formula is C15H24N3O15-3. The molecule has 1 saturated heterocycles. The van der Waals surface area contributed by atoms with Gasteiger partial charge in [-0.3, -0.25) is 30.1 Å². The van der Waals surface area contributed by atoms with E-state index in [0.717, 1.165) is 0 Å². The Morgan fingerprint density at radius 3 is 1.64 bits per heavy atom. The van der Waals surface area contributed by atoms with Gasteiger partial charge in [0.25, 0.3) is 0 Å². The smallest absolute Gasteiger partial charge is 0.307 e. The Morgan fingerprint density at radius 2 is 1.18 bits per heavy atom. The first-order valence-electron chi connectivity index (χ1n) is 9.37. The lowest BCUT2D eigenvalue weighted by Gasteiger charge is -2.41. The van der Waals surface area contributed by atoms with Crippen molar-refractivity contribution in [1.82, 2.24) is 15.7 Å². The van der Waals surface area contributed by atoms with Crippen molar-refractivity contribution in [3.05, 3.63) is 15.6 Å². The number of ether oxygens (including phenoxy) is 4. The molecular weight excluding hydrogens is 462 g/mol. The van der Waals surface area contributed by atoms with Crippen molar-refractivity contribution in [2.45, 2.75) is 50.0 Å². The molecule has 5 N–H and O–H groups in total. The number of hydroxylamine groups is 6. The van der Waals surface area contributed by atoms with Gasteiger partial charge in [-0.1, -0.05) is 0 Å². The predicted octanol–water partition coefficient (Wildman–Crippen LogP) is -2.83. The number of hydrogen-bond donors (Lipinski definition) is 5. The van der Waals surface area contributed by atoms with E-state index in [9.17, 15) is 40.2 Å². The van der Waals surface area contributed by atoms with E-state index in [4.69, 9.17) is 34.6 Å². The topological polar surface area (TPSA) is 268 Å². The highest BCUT2D eigenvalue weighted by Crippen LogP contribution is 2.26. The standard InChI is InChI=1S/C15H24N3O15/c19-9(1-4-16(24)25)30-7-8-12(22)13(32-10(20)2-5-17(26)27)14(15(23)31-8)33-11(21)3-6-18(28)29/h8,12-15,22-24,26,28H,1-7H2/q-3. The van der Waals surface area contributed by atoms with Crippen molar-refractivity contribution >= 4 is 17.9 Å². The van der Waals surface area contributed by atoms with Crippen molar-refractivity contribution in [2.75, 3.05) is 26.2 Å². The van der Waals surface area contributed by atoms with Gasteiger partial charge in [0.1, 0.15) is 18.8 Å². The number of esters is 3. The van der Waals surface area contributed by atoms with Crippen molar-refractivity contribution < 1.29 is 59.2 Å². The van der Waals surface area contributed by atoms with Gasteiger partial charge in [-0.2, -0.15) is 0 Å². The summed E-state index contributed by atoms with van der Waals surface area (Å²) < 4.78 is 19.6. The molecule has 0 aromatic rings. The maximum absolute atomic E-state index is 11.9. The van der Waals surface area contributed by atoms with Gasteiger partial charge in [-0.05, 0) is 0 Å². The fourth-order valence-corrected chi connectivity index (χ4v) is 2.53. The largest absolute Gasteiger partial charge is 0.762 e. The fourth-order valence-electron chi connectivity index (χ4n) is 2.53. The van der Waals surface area contributed by atoms with E-state index in [1.54, 1.807) is 0 Å². The molecule has 33 heavy (non-hydrogen) atoms. The Morgan fingerprint density at radius 1 is 0.758 bits per heavy atom. The van der Waals surface area contributed by atoms with Crippen molar-refractivity contribution in [1.29, 1.82) is 0 Å². The zero-order valence-corrected chi connectivity index (χ0v) is 17.0. The van der Waals surface area contributed by atoms with Crippen LogP contribution in [0.1, 0.15) is 19.3 Å². The molecule has 1 rings (SSSR count). The molecule has 5 atom stereocenters. The molecule has 0 aromatic carbocycles. The van der Waals surface area contributed by atoms with Crippen LogP contribution in [0.15, 0.2) is 0 Å². The molecule has 1 aliphatic rings. The van der Waals surface area contributed by atoms with E-state index >= 15 is 0 Å². The van der Waals surface area contributed by atoms with Gasteiger partial charge in [0, 0.05) is 19.6 Å². The minimum Gasteiger partial charge on any atom is -0.762 e. The summed E-state index contributed by atoms with van der Waals surface area (Å²) in [5, 5.41) is 76.1. The van der Waals surface area contributed by atoms with Crippen LogP contribution < -0.4 is 0 Å². The van der Waals surface area contributed by atoms with Crippen LogP contribution in [-0.4, -0.2) is 116 Å². The molecule has 0 radical (unpaired) electrons. The number of aliphatic hydroxyl groups is 2. The van der Waals surface area contributed by atoms with Crippen LogP contribution in [0.25, 0.3) is 0 Å². The summed E-state index contributed by atoms with van der Waals surface area (Å²) in [7, 11) is 0. The number of carbonyl (C=O) groups is 3. The van der Waals surface area contributed by atoms with E-state index in [1.165, 1.54) is 0 Å². The van der Waals surface area contributed by atoms with Gasteiger partial charge in [0.05, 0.1) is 19.3 Å². The van der Waals surface area contributed by atoms with Gasteiger partial charge in [-0.25, -0.2) is 0 Å². The fraction of sp³-hybridized carbons (Fsp3) is 0.800. The molecule has 0 aliphatic carbocycles. The number of carbonyl (C=O) groups excluding carboxylic acids is 3. The third kappa shape index (κ3) is 11.1. The van der Waals surface area contributed by atoms with Crippen LogP contribution in [0.4, 0.5) is 0 Å². The average molecular weight is 486 g/mol. The van der Waals surface area contributed by atoms with Crippen LogP contribution in [0.5, 0.6) is 0 Å². The van der Waals surface area contributed by atoms with Crippen LogP contribution in [0.3, 0.4) is 0 Å². The maximum atomic E-state index is 11.9. The van der Waals surface area contributed by atoms with Crippen molar-refractivity contribution in [3.63, 3.8) is 0 Å². The average Bonchev–Trinajstić information content (AvgIpc) is 2.72. The van der Waals surface area contributed by atoms with E-state index in [-0.39, 0.29) is 0 Å². The van der Waals surface area contributed by atoms with Gasteiger partial charge in [-0.15, -0.1) is 0 Å². The third-order valence-corrected chi connectivity index (χ3v) is 4.10. The monoisotopic (exact) mass is 486 g/mol.